The first-order valence-corrected chi connectivity index (χ1v) is 14.5. The van der Waals surface area contributed by atoms with Crippen LogP contribution in [0.5, 0.6) is 0 Å². The second kappa shape index (κ2) is 21.1. The number of hydrogen-bond donors (Lipinski definition) is 11. The van der Waals surface area contributed by atoms with Crippen molar-refractivity contribution in [1.82, 2.24) is 42.5 Å². The van der Waals surface area contributed by atoms with E-state index in [0.717, 1.165) is 0 Å². The van der Waals surface area contributed by atoms with E-state index >= 15 is 0 Å². The third kappa shape index (κ3) is 18.0. The molecule has 13 N–H and O–H groups in total. The van der Waals surface area contributed by atoms with Gasteiger partial charge < -0.3 is 54.0 Å². The topological polar surface area (TPSA) is 309 Å². The zero-order valence-electron chi connectivity index (χ0n) is 26.2. The minimum absolute atomic E-state index is 0.0116. The van der Waals surface area contributed by atoms with Crippen molar-refractivity contribution in [3.8, 4) is 0 Å². The molecule has 0 aliphatic heterocycles. The van der Waals surface area contributed by atoms with E-state index in [1.807, 2.05) is 0 Å². The van der Waals surface area contributed by atoms with E-state index in [0.29, 0.717) is 5.56 Å². The van der Waals surface area contributed by atoms with Gasteiger partial charge in [0.25, 0.3) is 0 Å². The largest absolute Gasteiger partial charge is 0.370 e. The minimum atomic E-state index is -1.21. The number of nitrogens with two attached hydrogens (primary N) is 2. The average Bonchev–Trinajstić information content (AvgIpc) is 3.01. The lowest BCUT2D eigenvalue weighted by Gasteiger charge is -2.24. The van der Waals surface area contributed by atoms with E-state index in [4.69, 9.17) is 16.9 Å². The van der Waals surface area contributed by atoms with Crippen LogP contribution in [-0.4, -0.2) is 104 Å². The molecule has 1 rings (SSSR count). The van der Waals surface area contributed by atoms with Crippen LogP contribution < -0.4 is 54.0 Å². The van der Waals surface area contributed by atoms with Crippen molar-refractivity contribution in [1.29, 1.82) is 5.41 Å². The van der Waals surface area contributed by atoms with Crippen LogP contribution in [0.3, 0.4) is 0 Å². The highest BCUT2D eigenvalue weighted by atomic mass is 16.2. The van der Waals surface area contributed by atoms with E-state index in [1.54, 1.807) is 30.3 Å². The summed E-state index contributed by atoms with van der Waals surface area (Å²) in [6.07, 6.45) is 0.334. The van der Waals surface area contributed by atoms with Crippen molar-refractivity contribution in [2.24, 2.45) is 11.5 Å². The Morgan fingerprint density at radius 1 is 0.681 bits per heavy atom. The summed E-state index contributed by atoms with van der Waals surface area (Å²) in [4.78, 5) is 97.3. The molecule has 47 heavy (non-hydrogen) atoms. The Bertz CT molecular complexity index is 1290. The summed E-state index contributed by atoms with van der Waals surface area (Å²) in [5, 5.41) is 26.6. The summed E-state index contributed by atoms with van der Waals surface area (Å²) < 4.78 is 0. The monoisotopic (exact) mass is 661 g/mol. The maximum atomic E-state index is 13.4. The Labute approximate surface area is 271 Å². The summed E-state index contributed by atoms with van der Waals surface area (Å²) in [5.41, 5.74) is 11.0. The van der Waals surface area contributed by atoms with Gasteiger partial charge in [-0.1, -0.05) is 30.3 Å². The lowest BCUT2D eigenvalue weighted by Crippen LogP contribution is -2.56. The molecule has 1 aromatic rings. The molecule has 1 aromatic carbocycles. The van der Waals surface area contributed by atoms with Gasteiger partial charge >= 0.3 is 0 Å². The number of primary amides is 1. The molecule has 0 bridgehead atoms. The molecular weight excluding hydrogens is 618 g/mol. The molecule has 0 heterocycles. The predicted molar refractivity (Wildman–Crippen MR) is 168 cm³/mol. The van der Waals surface area contributed by atoms with Crippen LogP contribution in [-0.2, 0) is 44.8 Å². The SMILES string of the molecule is CC(=O)NCC(=O)NCC(=O)N[C@@H](CCCNC(=N)N)C(=O)N[C@H](Cc1ccccc1)C(=O)NCC(=O)N[C@@H](C)C(=O)NCC(N)=O. The lowest BCUT2D eigenvalue weighted by molar-refractivity contribution is -0.133. The molecule has 258 valence electrons. The maximum Gasteiger partial charge on any atom is 0.243 e. The molecular formula is C28H43N11O8. The molecule has 0 radical (unpaired) electrons. The average molecular weight is 662 g/mol. The summed E-state index contributed by atoms with van der Waals surface area (Å²) in [5.74, 6) is -5.74. The first kappa shape index (κ1) is 39.3. The van der Waals surface area contributed by atoms with E-state index in [1.165, 1.54) is 13.8 Å². The highest BCUT2D eigenvalue weighted by Gasteiger charge is 2.27. The van der Waals surface area contributed by atoms with Crippen molar-refractivity contribution in [2.45, 2.75) is 51.2 Å². The molecule has 19 heteroatoms. The number of benzene rings is 1. The second-order valence-corrected chi connectivity index (χ2v) is 10.2. The number of hydrogen-bond acceptors (Lipinski definition) is 9. The summed E-state index contributed by atoms with van der Waals surface area (Å²) in [6.45, 7) is 0.964. The summed E-state index contributed by atoms with van der Waals surface area (Å²) in [6, 6.07) is 5.24. The molecule has 8 amide bonds. The van der Waals surface area contributed by atoms with Crippen LogP contribution in [0.4, 0.5) is 0 Å². The zero-order valence-corrected chi connectivity index (χ0v) is 26.2. The van der Waals surface area contributed by atoms with Gasteiger partial charge in [0.2, 0.25) is 47.3 Å². The third-order valence-electron chi connectivity index (χ3n) is 6.13. The highest BCUT2D eigenvalue weighted by Crippen LogP contribution is 2.06. The number of rotatable bonds is 20. The Kier molecular flexibility index (Phi) is 17.6. The third-order valence-corrected chi connectivity index (χ3v) is 6.13. The van der Waals surface area contributed by atoms with E-state index in [2.05, 4.69) is 42.5 Å². The molecule has 0 aromatic heterocycles. The Morgan fingerprint density at radius 2 is 1.28 bits per heavy atom. The standard InChI is InChI=1S/C28H43N11O8/c1-16(25(45)35-12-21(29)41)37-23(43)15-36-26(46)20(11-18-7-4-3-5-8-18)39-27(47)19(9-6-10-32-28(30)31)38-24(44)14-34-22(42)13-33-17(2)40/h3-5,7-8,16,19-20H,6,9-15H2,1-2H3,(H2,29,41)(H,33,40)(H,34,42)(H,35,45)(H,36,46)(H,37,43)(H,38,44)(H,39,47)(H4,30,31,32)/t16-,19-,20+/m0/s1. The van der Waals surface area contributed by atoms with Gasteiger partial charge in [-0.05, 0) is 25.3 Å². The number of nitrogens with one attached hydrogen (secondary N) is 9. The molecule has 3 atom stereocenters. The maximum absolute atomic E-state index is 13.4. The molecule has 0 aliphatic rings. The van der Waals surface area contributed by atoms with Gasteiger partial charge in [-0.25, -0.2) is 0 Å². The van der Waals surface area contributed by atoms with Gasteiger partial charge in [-0.3, -0.25) is 43.8 Å². The quantitative estimate of drug-likeness (QED) is 0.0359. The molecule has 0 aliphatic carbocycles. The fraction of sp³-hybridized carbons (Fsp3) is 0.464. The van der Waals surface area contributed by atoms with Gasteiger partial charge in [-0.15, -0.1) is 0 Å². The van der Waals surface area contributed by atoms with Crippen LogP contribution >= 0.6 is 0 Å². The first-order chi connectivity index (χ1) is 22.2. The van der Waals surface area contributed by atoms with Crippen LogP contribution in [0.2, 0.25) is 0 Å². The van der Waals surface area contributed by atoms with Gasteiger partial charge in [0.05, 0.1) is 26.2 Å². The smallest absolute Gasteiger partial charge is 0.243 e. The zero-order chi connectivity index (χ0) is 35.4. The minimum Gasteiger partial charge on any atom is -0.370 e. The summed E-state index contributed by atoms with van der Waals surface area (Å²) in [7, 11) is 0. The lowest BCUT2D eigenvalue weighted by atomic mass is 10.0. The van der Waals surface area contributed by atoms with Crippen LogP contribution in [0.25, 0.3) is 0 Å². The predicted octanol–water partition coefficient (Wildman–Crippen LogP) is -5.06. The first-order valence-electron chi connectivity index (χ1n) is 14.5. The molecule has 0 unspecified atom stereocenters. The van der Waals surface area contributed by atoms with Crippen LogP contribution in [0.1, 0.15) is 32.3 Å². The van der Waals surface area contributed by atoms with Gasteiger partial charge in [0.1, 0.15) is 18.1 Å². The second-order valence-electron chi connectivity index (χ2n) is 10.2. The molecule has 0 fully saturated rings. The highest BCUT2D eigenvalue weighted by molar-refractivity contribution is 5.95. The van der Waals surface area contributed by atoms with Gasteiger partial charge in [-0.2, -0.15) is 0 Å². The number of carbonyl (C=O) groups is 8. The Morgan fingerprint density at radius 3 is 1.89 bits per heavy atom. The molecule has 0 spiro atoms. The molecule has 19 nitrogen and oxygen atoms in total. The molecule has 0 saturated carbocycles. The fourth-order valence-electron chi connectivity index (χ4n) is 3.80. The van der Waals surface area contributed by atoms with E-state index < -0.39 is 85.0 Å². The van der Waals surface area contributed by atoms with Crippen molar-refractivity contribution in [3.05, 3.63) is 35.9 Å². The molecule has 0 saturated heterocycles. The summed E-state index contributed by atoms with van der Waals surface area (Å²) >= 11 is 0. The Hall–Kier alpha value is -5.75. The van der Waals surface area contributed by atoms with E-state index in [9.17, 15) is 38.4 Å². The number of guanidine groups is 1. The number of amides is 8. The van der Waals surface area contributed by atoms with Gasteiger partial charge in [0, 0.05) is 19.9 Å². The van der Waals surface area contributed by atoms with Gasteiger partial charge in [0.15, 0.2) is 5.96 Å². The van der Waals surface area contributed by atoms with Crippen molar-refractivity contribution in [3.63, 3.8) is 0 Å². The van der Waals surface area contributed by atoms with Crippen LogP contribution in [0.15, 0.2) is 30.3 Å². The van der Waals surface area contributed by atoms with Crippen molar-refractivity contribution >= 4 is 53.2 Å². The fourth-order valence-corrected chi connectivity index (χ4v) is 3.80. The van der Waals surface area contributed by atoms with Crippen molar-refractivity contribution < 1.29 is 38.4 Å². The van der Waals surface area contributed by atoms with E-state index in [-0.39, 0.29) is 38.3 Å². The van der Waals surface area contributed by atoms with Crippen LogP contribution in [0, 0.1) is 5.41 Å². The number of carbonyl (C=O) groups excluding carboxylic acids is 8. The normalized spacial score (nSPS) is 12.1. The Balaban J connectivity index is 2.96. The van der Waals surface area contributed by atoms with Crippen molar-refractivity contribution in [2.75, 3.05) is 32.7 Å².